The highest BCUT2D eigenvalue weighted by Crippen LogP contribution is 2.27. The Labute approximate surface area is 139 Å². The second-order valence-electron chi connectivity index (χ2n) is 6.19. The van der Waals surface area contributed by atoms with Crippen LogP contribution in [0.25, 0.3) is 11.0 Å². The zero-order valence-corrected chi connectivity index (χ0v) is 13.6. The molecule has 24 heavy (non-hydrogen) atoms. The molecule has 0 aliphatic carbocycles. The third-order valence-corrected chi connectivity index (χ3v) is 4.76. The number of carbonyl (C=O) groups is 1. The fourth-order valence-electron chi connectivity index (χ4n) is 3.53. The molecule has 0 unspecified atom stereocenters. The van der Waals surface area contributed by atoms with Gasteiger partial charge in [-0.15, -0.1) is 0 Å². The van der Waals surface area contributed by atoms with Crippen molar-refractivity contribution in [2.24, 2.45) is 7.05 Å². The van der Waals surface area contributed by atoms with E-state index in [-0.39, 0.29) is 18.1 Å². The molecule has 0 N–H and O–H groups in total. The van der Waals surface area contributed by atoms with Crippen LogP contribution >= 0.6 is 0 Å². The molecule has 3 aromatic rings. The zero-order chi connectivity index (χ0) is 16.7. The van der Waals surface area contributed by atoms with E-state index in [0.29, 0.717) is 6.54 Å². The van der Waals surface area contributed by atoms with Gasteiger partial charge in [-0.25, -0.2) is 4.79 Å². The third kappa shape index (κ3) is 2.24. The van der Waals surface area contributed by atoms with Gasteiger partial charge in [0.1, 0.15) is 6.54 Å². The monoisotopic (exact) mass is 321 g/mol. The topological polar surface area (TPSA) is 47.2 Å². The van der Waals surface area contributed by atoms with Crippen molar-refractivity contribution < 1.29 is 4.79 Å². The van der Waals surface area contributed by atoms with Crippen molar-refractivity contribution >= 4 is 22.6 Å². The molecule has 2 aromatic carbocycles. The number of para-hydroxylation sites is 3. The Hall–Kier alpha value is -2.82. The molecule has 2 heterocycles. The number of imidazole rings is 1. The van der Waals surface area contributed by atoms with Crippen LogP contribution in [0, 0.1) is 0 Å². The fraction of sp³-hybridized carbons (Fsp3) is 0.263. The maximum atomic E-state index is 12.9. The van der Waals surface area contributed by atoms with Crippen molar-refractivity contribution in [2.45, 2.75) is 19.4 Å². The van der Waals surface area contributed by atoms with Gasteiger partial charge in [-0.2, -0.15) is 0 Å². The maximum absolute atomic E-state index is 12.9. The number of hydrogen-bond acceptors (Lipinski definition) is 2. The van der Waals surface area contributed by atoms with Gasteiger partial charge in [0.05, 0.1) is 11.0 Å². The van der Waals surface area contributed by atoms with Crippen molar-refractivity contribution in [2.75, 3.05) is 11.4 Å². The van der Waals surface area contributed by atoms with Crippen LogP contribution in [0.3, 0.4) is 0 Å². The summed E-state index contributed by atoms with van der Waals surface area (Å²) in [5.41, 5.74) is 3.65. The molecule has 122 valence electrons. The van der Waals surface area contributed by atoms with Crippen molar-refractivity contribution in [1.29, 1.82) is 0 Å². The molecule has 4 rings (SSSR count). The summed E-state index contributed by atoms with van der Waals surface area (Å²) in [5, 5.41) is 0. The predicted octanol–water partition coefficient (Wildman–Crippen LogP) is 2.32. The predicted molar refractivity (Wildman–Crippen MR) is 94.3 cm³/mol. The lowest BCUT2D eigenvalue weighted by Crippen LogP contribution is -2.39. The van der Waals surface area contributed by atoms with Crippen LogP contribution in [0.5, 0.6) is 0 Å². The minimum Gasteiger partial charge on any atom is -0.311 e. The molecule has 0 bridgehead atoms. The quantitative estimate of drug-likeness (QED) is 0.727. The molecule has 1 amide bonds. The lowest BCUT2D eigenvalue weighted by molar-refractivity contribution is -0.119. The van der Waals surface area contributed by atoms with Gasteiger partial charge in [0, 0.05) is 19.3 Å². The maximum Gasteiger partial charge on any atom is 0.329 e. The van der Waals surface area contributed by atoms with E-state index in [0.717, 1.165) is 29.6 Å². The van der Waals surface area contributed by atoms with Gasteiger partial charge in [-0.05, 0) is 36.6 Å². The van der Waals surface area contributed by atoms with Crippen molar-refractivity contribution in [3.05, 3.63) is 64.6 Å². The Balaban J connectivity index is 1.72. The molecular weight excluding hydrogens is 302 g/mol. The molecule has 1 aliphatic rings. The highest BCUT2D eigenvalue weighted by molar-refractivity contribution is 5.95. The molecule has 0 spiro atoms. The number of hydrogen-bond donors (Lipinski definition) is 0. The van der Waals surface area contributed by atoms with E-state index in [1.807, 2.05) is 47.4 Å². The summed E-state index contributed by atoms with van der Waals surface area (Å²) in [5.74, 6) is -0.0411. The van der Waals surface area contributed by atoms with E-state index in [4.69, 9.17) is 0 Å². The van der Waals surface area contributed by atoms with Crippen LogP contribution in [0.2, 0.25) is 0 Å². The van der Waals surface area contributed by atoms with Crippen LogP contribution in [-0.4, -0.2) is 21.6 Å². The van der Waals surface area contributed by atoms with E-state index < -0.39 is 0 Å². The summed E-state index contributed by atoms with van der Waals surface area (Å²) >= 11 is 0. The van der Waals surface area contributed by atoms with Crippen LogP contribution in [0.4, 0.5) is 5.69 Å². The Morgan fingerprint density at radius 1 is 1.04 bits per heavy atom. The van der Waals surface area contributed by atoms with Crippen molar-refractivity contribution in [3.8, 4) is 0 Å². The molecular formula is C19H19N3O2. The van der Waals surface area contributed by atoms with Gasteiger partial charge in [-0.1, -0.05) is 30.3 Å². The second kappa shape index (κ2) is 5.67. The average Bonchev–Trinajstić information content (AvgIpc) is 2.86. The molecule has 0 radical (unpaired) electrons. The SMILES string of the molecule is Cn1c(=O)n(CC(=O)N2CCCc3ccccc32)c2ccccc21. The molecule has 1 aliphatic heterocycles. The molecule has 0 atom stereocenters. The Morgan fingerprint density at radius 3 is 2.58 bits per heavy atom. The minimum atomic E-state index is -0.158. The van der Waals surface area contributed by atoms with Gasteiger partial charge in [0.15, 0.2) is 0 Å². The first kappa shape index (κ1) is 14.8. The number of benzene rings is 2. The van der Waals surface area contributed by atoms with Gasteiger partial charge in [-0.3, -0.25) is 13.9 Å². The first-order chi connectivity index (χ1) is 11.7. The van der Waals surface area contributed by atoms with E-state index in [9.17, 15) is 9.59 Å². The summed E-state index contributed by atoms with van der Waals surface area (Å²) in [6, 6.07) is 15.6. The van der Waals surface area contributed by atoms with Crippen LogP contribution in [0.15, 0.2) is 53.3 Å². The summed E-state index contributed by atoms with van der Waals surface area (Å²) in [7, 11) is 1.74. The highest BCUT2D eigenvalue weighted by Gasteiger charge is 2.23. The van der Waals surface area contributed by atoms with E-state index in [1.54, 1.807) is 16.2 Å². The number of nitrogens with zero attached hydrogens (tertiary/aromatic N) is 3. The molecule has 0 saturated carbocycles. The van der Waals surface area contributed by atoms with Crippen molar-refractivity contribution in [3.63, 3.8) is 0 Å². The first-order valence-electron chi connectivity index (χ1n) is 8.19. The number of aromatic nitrogens is 2. The van der Waals surface area contributed by atoms with Gasteiger partial charge >= 0.3 is 5.69 Å². The number of amides is 1. The standard InChI is InChI=1S/C19H19N3O2/c1-20-16-10-4-5-11-17(16)22(19(20)24)13-18(23)21-12-6-8-14-7-2-3-9-15(14)21/h2-5,7,9-11H,6,8,12-13H2,1H3. The normalized spacial score (nSPS) is 14.0. The number of anilines is 1. The Kier molecular flexibility index (Phi) is 3.49. The highest BCUT2D eigenvalue weighted by atomic mass is 16.2. The largest absolute Gasteiger partial charge is 0.329 e. The third-order valence-electron chi connectivity index (χ3n) is 4.76. The van der Waals surface area contributed by atoms with Crippen LogP contribution in [0.1, 0.15) is 12.0 Å². The average molecular weight is 321 g/mol. The Morgan fingerprint density at radius 2 is 1.75 bits per heavy atom. The van der Waals surface area contributed by atoms with Gasteiger partial charge in [0.25, 0.3) is 0 Å². The van der Waals surface area contributed by atoms with Crippen LogP contribution < -0.4 is 10.6 Å². The summed E-state index contributed by atoms with van der Waals surface area (Å²) < 4.78 is 3.15. The smallest absolute Gasteiger partial charge is 0.311 e. The lowest BCUT2D eigenvalue weighted by Gasteiger charge is -2.29. The fourth-order valence-corrected chi connectivity index (χ4v) is 3.53. The van der Waals surface area contributed by atoms with E-state index >= 15 is 0 Å². The molecule has 0 fully saturated rings. The molecule has 0 saturated heterocycles. The zero-order valence-electron chi connectivity index (χ0n) is 13.6. The van der Waals surface area contributed by atoms with Gasteiger partial charge < -0.3 is 4.90 Å². The van der Waals surface area contributed by atoms with E-state index in [1.165, 1.54) is 5.56 Å². The lowest BCUT2D eigenvalue weighted by atomic mass is 10.0. The summed E-state index contributed by atoms with van der Waals surface area (Å²) in [6.07, 6.45) is 1.95. The summed E-state index contributed by atoms with van der Waals surface area (Å²) in [4.78, 5) is 27.2. The van der Waals surface area contributed by atoms with E-state index in [2.05, 4.69) is 6.07 Å². The Bertz CT molecular complexity index is 984. The molecule has 1 aromatic heterocycles. The first-order valence-corrected chi connectivity index (χ1v) is 8.19. The summed E-state index contributed by atoms with van der Waals surface area (Å²) in [6.45, 7) is 0.768. The number of fused-ring (bicyclic) bond motifs is 2. The number of carbonyl (C=O) groups excluding carboxylic acids is 1. The number of aryl methyl sites for hydroxylation is 2. The number of rotatable bonds is 2. The minimum absolute atomic E-state index is 0.0411. The van der Waals surface area contributed by atoms with Crippen molar-refractivity contribution in [1.82, 2.24) is 9.13 Å². The second-order valence-corrected chi connectivity index (χ2v) is 6.19. The van der Waals surface area contributed by atoms with Crippen LogP contribution in [-0.2, 0) is 24.8 Å². The molecule has 5 nitrogen and oxygen atoms in total. The van der Waals surface area contributed by atoms with Gasteiger partial charge in [0.2, 0.25) is 5.91 Å². The molecule has 5 heteroatoms.